The molecule has 156 valence electrons. The number of nitrogens with zero attached hydrogens (tertiary/aromatic N) is 1. The third-order valence-corrected chi connectivity index (χ3v) is 6.73. The van der Waals surface area contributed by atoms with Gasteiger partial charge < -0.3 is 15.0 Å². The first-order valence-electron chi connectivity index (χ1n) is 10.5. The summed E-state index contributed by atoms with van der Waals surface area (Å²) in [5.41, 5.74) is 2.64. The van der Waals surface area contributed by atoms with Crippen LogP contribution in [-0.2, 0) is 11.2 Å². The maximum atomic E-state index is 12.6. The van der Waals surface area contributed by atoms with E-state index < -0.39 is 0 Å². The minimum absolute atomic E-state index is 0.00604. The quantitative estimate of drug-likeness (QED) is 0.440. The number of benzene rings is 3. The maximum Gasteiger partial charge on any atom is 0.258 e. The van der Waals surface area contributed by atoms with Crippen LogP contribution in [0.3, 0.4) is 0 Å². The number of fused-ring (bicyclic) bond motifs is 2. The molecular formula is C26H24N2O2S. The SMILES string of the molecule is O=C(COc1ccc2ccccc2c1)NC[C@H](c1cccs1)N1CCc2ccccc21. The number of ether oxygens (including phenoxy) is 1. The van der Waals surface area contributed by atoms with Crippen LogP contribution in [0.1, 0.15) is 16.5 Å². The van der Waals surface area contributed by atoms with Crippen molar-refractivity contribution in [3.05, 3.63) is 94.7 Å². The minimum atomic E-state index is -0.109. The highest BCUT2D eigenvalue weighted by Crippen LogP contribution is 2.36. The van der Waals surface area contributed by atoms with Crippen molar-refractivity contribution in [3.63, 3.8) is 0 Å². The zero-order chi connectivity index (χ0) is 21.0. The molecule has 1 N–H and O–H groups in total. The van der Waals surface area contributed by atoms with Crippen LogP contribution in [0, 0.1) is 0 Å². The Kier molecular flexibility index (Phi) is 5.59. The summed E-state index contributed by atoms with van der Waals surface area (Å²) in [7, 11) is 0. The number of carbonyl (C=O) groups excluding carboxylic acids is 1. The zero-order valence-electron chi connectivity index (χ0n) is 17.2. The zero-order valence-corrected chi connectivity index (χ0v) is 18.0. The van der Waals surface area contributed by atoms with Crippen LogP contribution in [0.15, 0.2) is 84.2 Å². The summed E-state index contributed by atoms with van der Waals surface area (Å²) in [5.74, 6) is 0.597. The van der Waals surface area contributed by atoms with Crippen molar-refractivity contribution in [2.24, 2.45) is 0 Å². The molecule has 4 aromatic rings. The molecule has 31 heavy (non-hydrogen) atoms. The first kappa shape index (κ1) is 19.6. The minimum Gasteiger partial charge on any atom is -0.484 e. The topological polar surface area (TPSA) is 41.6 Å². The van der Waals surface area contributed by atoms with Gasteiger partial charge in [-0.2, -0.15) is 0 Å². The molecule has 1 atom stereocenters. The fourth-order valence-corrected chi connectivity index (χ4v) is 5.04. The Morgan fingerprint density at radius 3 is 2.71 bits per heavy atom. The molecule has 1 aliphatic rings. The van der Waals surface area contributed by atoms with E-state index in [1.165, 1.54) is 16.1 Å². The van der Waals surface area contributed by atoms with Crippen LogP contribution in [0.5, 0.6) is 5.75 Å². The molecule has 3 aromatic carbocycles. The van der Waals surface area contributed by atoms with Gasteiger partial charge in [0.25, 0.3) is 5.91 Å². The van der Waals surface area contributed by atoms with Crippen LogP contribution in [0.4, 0.5) is 5.69 Å². The summed E-state index contributed by atoms with van der Waals surface area (Å²) >= 11 is 1.73. The second-order valence-corrected chi connectivity index (χ2v) is 8.68. The highest BCUT2D eigenvalue weighted by molar-refractivity contribution is 7.10. The van der Waals surface area contributed by atoms with Crippen molar-refractivity contribution in [2.45, 2.75) is 12.5 Å². The lowest BCUT2D eigenvalue weighted by Gasteiger charge is -2.30. The van der Waals surface area contributed by atoms with E-state index in [-0.39, 0.29) is 18.6 Å². The summed E-state index contributed by atoms with van der Waals surface area (Å²) in [5, 5.41) is 7.44. The third-order valence-electron chi connectivity index (χ3n) is 5.75. The van der Waals surface area contributed by atoms with Gasteiger partial charge in [-0.15, -0.1) is 11.3 Å². The van der Waals surface area contributed by atoms with Gasteiger partial charge in [-0.3, -0.25) is 4.79 Å². The Bertz CT molecular complexity index is 1190. The van der Waals surface area contributed by atoms with Gasteiger partial charge in [-0.05, 0) is 52.4 Å². The molecule has 4 nitrogen and oxygen atoms in total. The van der Waals surface area contributed by atoms with Gasteiger partial charge in [0.2, 0.25) is 0 Å². The first-order chi connectivity index (χ1) is 15.3. The smallest absolute Gasteiger partial charge is 0.258 e. The van der Waals surface area contributed by atoms with Gasteiger partial charge in [-0.25, -0.2) is 0 Å². The van der Waals surface area contributed by atoms with E-state index in [1.807, 2.05) is 36.4 Å². The number of amides is 1. The van der Waals surface area contributed by atoms with Crippen LogP contribution in [0.25, 0.3) is 10.8 Å². The summed E-state index contributed by atoms with van der Waals surface area (Å²) in [6.45, 7) is 1.52. The summed E-state index contributed by atoms with van der Waals surface area (Å²) in [4.78, 5) is 16.2. The monoisotopic (exact) mass is 428 g/mol. The third kappa shape index (κ3) is 4.28. The van der Waals surface area contributed by atoms with Gasteiger partial charge in [0, 0.05) is 23.7 Å². The van der Waals surface area contributed by atoms with Crippen molar-refractivity contribution >= 4 is 33.7 Å². The normalized spacial score (nSPS) is 13.7. The van der Waals surface area contributed by atoms with Gasteiger partial charge >= 0.3 is 0 Å². The van der Waals surface area contributed by atoms with Crippen molar-refractivity contribution < 1.29 is 9.53 Å². The summed E-state index contributed by atoms with van der Waals surface area (Å²) < 4.78 is 5.76. The van der Waals surface area contributed by atoms with E-state index in [1.54, 1.807) is 11.3 Å². The number of carbonyl (C=O) groups is 1. The first-order valence-corrected chi connectivity index (χ1v) is 11.4. The van der Waals surface area contributed by atoms with E-state index in [9.17, 15) is 4.79 Å². The molecule has 5 heteroatoms. The van der Waals surface area contributed by atoms with Crippen molar-refractivity contribution in [2.75, 3.05) is 24.6 Å². The largest absolute Gasteiger partial charge is 0.484 e. The lowest BCUT2D eigenvalue weighted by Crippen LogP contribution is -2.38. The highest BCUT2D eigenvalue weighted by atomic mass is 32.1. The van der Waals surface area contributed by atoms with Crippen molar-refractivity contribution in [3.8, 4) is 5.75 Å². The predicted octanol–water partition coefficient (Wildman–Crippen LogP) is 5.20. The molecule has 1 aliphatic heterocycles. The predicted molar refractivity (Wildman–Crippen MR) is 127 cm³/mol. The molecule has 0 aliphatic carbocycles. The number of rotatable bonds is 7. The molecule has 0 radical (unpaired) electrons. The molecule has 0 bridgehead atoms. The van der Waals surface area contributed by atoms with E-state index >= 15 is 0 Å². The molecule has 0 spiro atoms. The Labute approximate surface area is 186 Å². The fourth-order valence-electron chi connectivity index (χ4n) is 4.20. The highest BCUT2D eigenvalue weighted by Gasteiger charge is 2.28. The number of hydrogen-bond donors (Lipinski definition) is 1. The Balaban J connectivity index is 1.23. The molecule has 0 fully saturated rings. The molecule has 2 heterocycles. The lowest BCUT2D eigenvalue weighted by molar-refractivity contribution is -0.123. The number of thiophene rings is 1. The van der Waals surface area contributed by atoms with E-state index in [0.29, 0.717) is 12.3 Å². The number of anilines is 1. The molecule has 5 rings (SSSR count). The molecule has 0 saturated heterocycles. The van der Waals surface area contributed by atoms with Gasteiger partial charge in [0.05, 0.1) is 6.04 Å². The van der Waals surface area contributed by atoms with Gasteiger partial charge in [0.1, 0.15) is 5.75 Å². The van der Waals surface area contributed by atoms with Gasteiger partial charge in [-0.1, -0.05) is 54.6 Å². The molecule has 0 saturated carbocycles. The second-order valence-electron chi connectivity index (χ2n) is 7.71. The maximum absolute atomic E-state index is 12.6. The summed E-state index contributed by atoms with van der Waals surface area (Å²) in [6.07, 6.45) is 1.04. The van der Waals surface area contributed by atoms with Crippen molar-refractivity contribution in [1.82, 2.24) is 5.32 Å². The molecular weight excluding hydrogens is 404 g/mol. The standard InChI is InChI=1S/C26H24N2O2S/c29-26(18-30-22-12-11-19-6-1-2-8-21(19)16-22)27-17-24(25-10-5-15-31-25)28-14-13-20-7-3-4-9-23(20)28/h1-12,15-16,24H,13-14,17-18H2,(H,27,29)/t24-/m1/s1. The van der Waals surface area contributed by atoms with E-state index in [2.05, 4.69) is 58.1 Å². The Morgan fingerprint density at radius 1 is 1.00 bits per heavy atom. The Morgan fingerprint density at radius 2 is 1.84 bits per heavy atom. The average Bonchev–Trinajstić information content (AvgIpc) is 3.49. The van der Waals surface area contributed by atoms with Crippen molar-refractivity contribution in [1.29, 1.82) is 0 Å². The number of para-hydroxylation sites is 1. The Hall–Kier alpha value is -3.31. The summed E-state index contributed by atoms with van der Waals surface area (Å²) in [6, 6.07) is 26.9. The second kappa shape index (κ2) is 8.82. The van der Waals surface area contributed by atoms with E-state index in [4.69, 9.17) is 4.74 Å². The molecule has 1 aromatic heterocycles. The lowest BCUT2D eigenvalue weighted by atomic mass is 10.1. The molecule has 1 amide bonds. The fraction of sp³-hybridized carbons (Fsp3) is 0.192. The van der Waals surface area contributed by atoms with Gasteiger partial charge in [0.15, 0.2) is 6.61 Å². The number of hydrogen-bond acceptors (Lipinski definition) is 4. The van der Waals surface area contributed by atoms with E-state index in [0.717, 1.165) is 23.7 Å². The number of nitrogens with one attached hydrogen (secondary N) is 1. The van der Waals surface area contributed by atoms with Crippen LogP contribution in [0.2, 0.25) is 0 Å². The average molecular weight is 429 g/mol. The van der Waals surface area contributed by atoms with Crippen LogP contribution < -0.4 is 15.0 Å². The van der Waals surface area contributed by atoms with Crippen LogP contribution in [-0.4, -0.2) is 25.6 Å². The van der Waals surface area contributed by atoms with Crippen LogP contribution >= 0.6 is 11.3 Å². The molecule has 0 unspecified atom stereocenters.